The molecule has 0 saturated carbocycles. The lowest BCUT2D eigenvalue weighted by atomic mass is 10.1. The summed E-state index contributed by atoms with van der Waals surface area (Å²) in [5, 5.41) is 5.87. The highest BCUT2D eigenvalue weighted by Crippen LogP contribution is 2.30. The number of hydrogen-bond acceptors (Lipinski definition) is 4. The second-order valence-electron chi connectivity index (χ2n) is 7.25. The van der Waals surface area contributed by atoms with Crippen LogP contribution >= 0.6 is 0 Å². The minimum Gasteiger partial charge on any atom is -0.496 e. The lowest BCUT2D eigenvalue weighted by molar-refractivity contribution is -0.137. The molecule has 9 heteroatoms. The van der Waals surface area contributed by atoms with Crippen LogP contribution < -0.4 is 20.1 Å². The summed E-state index contributed by atoms with van der Waals surface area (Å²) < 4.78 is 63.1. The molecule has 1 unspecified atom stereocenters. The number of amides is 1. The van der Waals surface area contributed by atoms with Crippen molar-refractivity contribution in [2.75, 3.05) is 20.3 Å². The second-order valence-corrected chi connectivity index (χ2v) is 7.25. The number of alkyl halides is 3. The van der Waals surface area contributed by atoms with Crippen molar-refractivity contribution in [1.29, 1.82) is 0 Å². The van der Waals surface area contributed by atoms with Crippen LogP contribution in [-0.2, 0) is 23.9 Å². The van der Waals surface area contributed by atoms with Crippen LogP contribution in [0.3, 0.4) is 0 Å². The van der Waals surface area contributed by atoms with E-state index in [0.29, 0.717) is 23.3 Å². The van der Waals surface area contributed by atoms with Crippen LogP contribution in [0, 0.1) is 5.82 Å². The van der Waals surface area contributed by atoms with Crippen molar-refractivity contribution in [2.24, 2.45) is 0 Å². The van der Waals surface area contributed by atoms with Crippen LogP contribution in [0.2, 0.25) is 0 Å². The summed E-state index contributed by atoms with van der Waals surface area (Å²) in [5.41, 5.74) is 0.390. The molecular formula is C22H24F4N2O3. The number of halogens is 4. The second kappa shape index (κ2) is 10.00. The van der Waals surface area contributed by atoms with Crippen molar-refractivity contribution in [2.45, 2.75) is 38.0 Å². The van der Waals surface area contributed by atoms with Crippen molar-refractivity contribution in [3.05, 3.63) is 58.9 Å². The van der Waals surface area contributed by atoms with Gasteiger partial charge in [0.25, 0.3) is 0 Å². The van der Waals surface area contributed by atoms with Crippen LogP contribution in [-0.4, -0.2) is 32.2 Å². The van der Waals surface area contributed by atoms with E-state index < -0.39 is 17.6 Å². The quantitative estimate of drug-likeness (QED) is 0.613. The van der Waals surface area contributed by atoms with E-state index in [9.17, 15) is 22.4 Å². The van der Waals surface area contributed by atoms with Gasteiger partial charge in [0, 0.05) is 24.6 Å². The van der Waals surface area contributed by atoms with E-state index >= 15 is 0 Å². The Morgan fingerprint density at radius 2 is 1.94 bits per heavy atom. The Labute approximate surface area is 177 Å². The molecule has 2 aromatic rings. The maximum absolute atomic E-state index is 14.5. The standard InChI is InChI=1S/C22H24F4N2O3/c1-30-19-12-20(31-10-8-14-4-6-16(7-5-14)22(24,25)26)17(23)11-15(19)13-28-21(29)18-3-2-9-27-18/h4-7,11-12,18,27H,2-3,8-10,13H2,1H3,(H,28,29). The van der Waals surface area contributed by atoms with Crippen molar-refractivity contribution in [1.82, 2.24) is 10.6 Å². The Hall–Kier alpha value is -2.81. The SMILES string of the molecule is COc1cc(OCCc2ccc(C(F)(F)F)cc2)c(F)cc1CNC(=O)C1CCCN1. The van der Waals surface area contributed by atoms with E-state index in [-0.39, 0.29) is 30.9 Å². The molecule has 2 aromatic carbocycles. The molecule has 1 aliphatic heterocycles. The smallest absolute Gasteiger partial charge is 0.416 e. The van der Waals surface area contributed by atoms with Crippen LogP contribution in [0.15, 0.2) is 36.4 Å². The first kappa shape index (κ1) is 22.9. The first-order valence-electron chi connectivity index (χ1n) is 9.94. The number of ether oxygens (including phenoxy) is 2. The van der Waals surface area contributed by atoms with Crippen molar-refractivity contribution < 1.29 is 31.8 Å². The number of nitrogens with one attached hydrogen (secondary N) is 2. The van der Waals surface area contributed by atoms with Gasteiger partial charge in [-0.3, -0.25) is 4.79 Å². The molecule has 0 radical (unpaired) electrons. The van der Waals surface area contributed by atoms with Gasteiger partial charge in [0.15, 0.2) is 11.6 Å². The molecule has 31 heavy (non-hydrogen) atoms. The number of rotatable bonds is 8. The molecule has 2 N–H and O–H groups in total. The maximum atomic E-state index is 14.5. The molecule has 0 spiro atoms. The molecule has 0 aromatic heterocycles. The Kier molecular flexibility index (Phi) is 7.37. The minimum atomic E-state index is -4.39. The van der Waals surface area contributed by atoms with E-state index in [1.54, 1.807) is 0 Å². The summed E-state index contributed by atoms with van der Waals surface area (Å²) in [6.07, 6.45) is -2.37. The number of hydrogen-bond donors (Lipinski definition) is 2. The summed E-state index contributed by atoms with van der Waals surface area (Å²) in [5.74, 6) is -0.421. The predicted octanol–water partition coefficient (Wildman–Crippen LogP) is 3.84. The molecule has 1 heterocycles. The number of carbonyl (C=O) groups excluding carboxylic acids is 1. The Morgan fingerprint density at radius 1 is 1.19 bits per heavy atom. The molecule has 1 fully saturated rings. The number of benzene rings is 2. The molecule has 168 valence electrons. The molecule has 1 amide bonds. The molecular weight excluding hydrogens is 416 g/mol. The molecule has 1 atom stereocenters. The summed E-state index contributed by atoms with van der Waals surface area (Å²) >= 11 is 0. The van der Waals surface area contributed by atoms with Gasteiger partial charge >= 0.3 is 6.18 Å². The van der Waals surface area contributed by atoms with E-state index in [1.165, 1.54) is 31.4 Å². The van der Waals surface area contributed by atoms with E-state index in [1.807, 2.05) is 0 Å². The zero-order valence-corrected chi connectivity index (χ0v) is 17.0. The predicted molar refractivity (Wildman–Crippen MR) is 106 cm³/mol. The van der Waals surface area contributed by atoms with Gasteiger partial charge in [-0.25, -0.2) is 4.39 Å². The van der Waals surface area contributed by atoms with E-state index in [0.717, 1.165) is 31.5 Å². The summed E-state index contributed by atoms with van der Waals surface area (Å²) in [6.45, 7) is 0.992. The van der Waals surface area contributed by atoms with Crippen LogP contribution in [0.1, 0.15) is 29.5 Å². The third-order valence-electron chi connectivity index (χ3n) is 5.09. The molecule has 1 saturated heterocycles. The average molecular weight is 440 g/mol. The normalized spacial score (nSPS) is 16.2. The molecule has 5 nitrogen and oxygen atoms in total. The van der Waals surface area contributed by atoms with Gasteiger partial charge in [-0.2, -0.15) is 13.2 Å². The Morgan fingerprint density at radius 3 is 2.55 bits per heavy atom. The molecule has 3 rings (SSSR count). The van der Waals surface area contributed by atoms with Crippen LogP contribution in [0.5, 0.6) is 11.5 Å². The maximum Gasteiger partial charge on any atom is 0.416 e. The first-order chi connectivity index (χ1) is 14.8. The highest BCUT2D eigenvalue weighted by Gasteiger charge is 2.29. The molecule has 0 bridgehead atoms. The van der Waals surface area contributed by atoms with E-state index in [2.05, 4.69) is 10.6 Å². The highest BCUT2D eigenvalue weighted by atomic mass is 19.4. The summed E-state index contributed by atoms with van der Waals surface area (Å²) in [4.78, 5) is 12.1. The van der Waals surface area contributed by atoms with Gasteiger partial charge in [-0.15, -0.1) is 0 Å². The minimum absolute atomic E-state index is 0.0312. The fourth-order valence-electron chi connectivity index (χ4n) is 3.37. The zero-order chi connectivity index (χ0) is 22.4. The van der Waals surface area contributed by atoms with Gasteiger partial charge in [0.2, 0.25) is 5.91 Å². The summed E-state index contributed by atoms with van der Waals surface area (Å²) in [7, 11) is 1.43. The lowest BCUT2D eigenvalue weighted by Gasteiger charge is -2.15. The zero-order valence-electron chi connectivity index (χ0n) is 17.0. The fraction of sp³-hybridized carbons (Fsp3) is 0.409. The third-order valence-corrected chi connectivity index (χ3v) is 5.09. The van der Waals surface area contributed by atoms with Crippen molar-refractivity contribution in [3.63, 3.8) is 0 Å². The molecule has 0 aliphatic carbocycles. The fourth-order valence-corrected chi connectivity index (χ4v) is 3.37. The first-order valence-corrected chi connectivity index (χ1v) is 9.94. The Bertz CT molecular complexity index is 895. The highest BCUT2D eigenvalue weighted by molar-refractivity contribution is 5.82. The van der Waals surface area contributed by atoms with Crippen LogP contribution in [0.4, 0.5) is 17.6 Å². The van der Waals surface area contributed by atoms with Gasteiger partial charge in [-0.1, -0.05) is 12.1 Å². The summed E-state index contributed by atoms with van der Waals surface area (Å²) in [6, 6.07) is 7.16. The van der Waals surface area contributed by atoms with Gasteiger partial charge in [0.1, 0.15) is 5.75 Å². The van der Waals surface area contributed by atoms with Crippen molar-refractivity contribution in [3.8, 4) is 11.5 Å². The van der Waals surface area contributed by atoms with Gasteiger partial charge in [-0.05, 0) is 43.1 Å². The monoisotopic (exact) mass is 440 g/mol. The van der Waals surface area contributed by atoms with Crippen molar-refractivity contribution >= 4 is 5.91 Å². The third kappa shape index (κ3) is 6.10. The largest absolute Gasteiger partial charge is 0.496 e. The van der Waals surface area contributed by atoms with Gasteiger partial charge in [0.05, 0.1) is 25.3 Å². The topological polar surface area (TPSA) is 59.6 Å². The number of carbonyl (C=O) groups is 1. The van der Waals surface area contributed by atoms with Gasteiger partial charge < -0.3 is 20.1 Å². The van der Waals surface area contributed by atoms with Crippen LogP contribution in [0.25, 0.3) is 0 Å². The average Bonchev–Trinajstić information content (AvgIpc) is 3.28. The Balaban J connectivity index is 1.57. The lowest BCUT2D eigenvalue weighted by Crippen LogP contribution is -2.40. The van der Waals surface area contributed by atoms with E-state index in [4.69, 9.17) is 9.47 Å². The molecule has 1 aliphatic rings. The number of methoxy groups -OCH3 is 1.